The van der Waals surface area contributed by atoms with Crippen LogP contribution in [0.25, 0.3) is 0 Å². The van der Waals surface area contributed by atoms with Crippen LogP contribution in [0.2, 0.25) is 0 Å². The van der Waals surface area contributed by atoms with Crippen LogP contribution in [0, 0.1) is 6.92 Å². The van der Waals surface area contributed by atoms with Crippen LogP contribution in [-0.4, -0.2) is 4.98 Å². The largest absolute Gasteiger partial charge is 0.398 e. The van der Waals surface area contributed by atoms with Gasteiger partial charge in [-0.3, -0.25) is 0 Å². The van der Waals surface area contributed by atoms with Gasteiger partial charge in [0.05, 0.1) is 6.04 Å². The molecule has 1 atom stereocenters. The molecule has 0 bridgehead atoms. The van der Waals surface area contributed by atoms with E-state index in [-0.39, 0.29) is 6.04 Å². The molecule has 0 spiro atoms. The zero-order chi connectivity index (χ0) is 13.1. The molecule has 2 rings (SSSR count). The fraction of sp³-hybridized carbons (Fsp3) is 0.357. The highest BCUT2D eigenvalue weighted by molar-refractivity contribution is 7.11. The first-order valence-electron chi connectivity index (χ1n) is 6.17. The third-order valence-electron chi connectivity index (χ3n) is 2.95. The van der Waals surface area contributed by atoms with Crippen molar-refractivity contribution in [3.63, 3.8) is 0 Å². The minimum atomic E-state index is 0.206. The van der Waals surface area contributed by atoms with Gasteiger partial charge in [-0.15, -0.1) is 11.3 Å². The van der Waals surface area contributed by atoms with Crippen molar-refractivity contribution in [3.05, 3.63) is 39.8 Å². The van der Waals surface area contributed by atoms with E-state index in [0.717, 1.165) is 28.4 Å². The van der Waals surface area contributed by atoms with Crippen molar-refractivity contribution < 1.29 is 0 Å². The standard InChI is InChI=1S/C14H19N3S/c1-4-12-8-16-14(18-12)10(3)17-11-6-5-9(2)13(15)7-11/h5-8,10,17H,4,15H2,1-3H3. The van der Waals surface area contributed by atoms with Crippen LogP contribution in [0.15, 0.2) is 24.4 Å². The molecule has 96 valence electrons. The van der Waals surface area contributed by atoms with Gasteiger partial charge in [-0.1, -0.05) is 13.0 Å². The normalized spacial score (nSPS) is 12.4. The maximum Gasteiger partial charge on any atom is 0.115 e. The molecule has 1 heterocycles. The number of nitrogen functional groups attached to an aromatic ring is 1. The Bertz CT molecular complexity index is 534. The van der Waals surface area contributed by atoms with Crippen LogP contribution < -0.4 is 11.1 Å². The summed E-state index contributed by atoms with van der Waals surface area (Å²) in [6.45, 7) is 6.28. The minimum absolute atomic E-state index is 0.206. The van der Waals surface area contributed by atoms with Crippen molar-refractivity contribution in [2.75, 3.05) is 11.1 Å². The molecule has 0 fully saturated rings. The van der Waals surface area contributed by atoms with Crippen LogP contribution in [0.4, 0.5) is 11.4 Å². The second-order valence-electron chi connectivity index (χ2n) is 4.46. The molecule has 0 radical (unpaired) electrons. The fourth-order valence-corrected chi connectivity index (χ4v) is 2.59. The van der Waals surface area contributed by atoms with Gasteiger partial charge in [-0.05, 0) is 38.0 Å². The summed E-state index contributed by atoms with van der Waals surface area (Å²) in [5.74, 6) is 0. The Labute approximate surface area is 112 Å². The number of hydrogen-bond acceptors (Lipinski definition) is 4. The number of nitrogens with one attached hydrogen (secondary N) is 1. The first kappa shape index (κ1) is 12.9. The number of benzene rings is 1. The van der Waals surface area contributed by atoms with Crippen LogP contribution in [0.1, 0.15) is 35.3 Å². The van der Waals surface area contributed by atoms with Crippen molar-refractivity contribution >= 4 is 22.7 Å². The van der Waals surface area contributed by atoms with Gasteiger partial charge in [-0.2, -0.15) is 0 Å². The lowest BCUT2D eigenvalue weighted by molar-refractivity contribution is 0.869. The van der Waals surface area contributed by atoms with Gasteiger partial charge in [-0.25, -0.2) is 4.98 Å². The quantitative estimate of drug-likeness (QED) is 0.824. The molecule has 3 nitrogen and oxygen atoms in total. The Balaban J connectivity index is 2.10. The number of anilines is 2. The molecule has 1 aromatic heterocycles. The van der Waals surface area contributed by atoms with Crippen molar-refractivity contribution in [1.29, 1.82) is 0 Å². The van der Waals surface area contributed by atoms with E-state index in [0.29, 0.717) is 0 Å². The van der Waals surface area contributed by atoms with Gasteiger partial charge in [0.15, 0.2) is 0 Å². The Morgan fingerprint density at radius 1 is 1.44 bits per heavy atom. The molecule has 3 N–H and O–H groups in total. The number of aryl methyl sites for hydroxylation is 2. The Morgan fingerprint density at radius 2 is 2.22 bits per heavy atom. The molecule has 1 unspecified atom stereocenters. The predicted molar refractivity (Wildman–Crippen MR) is 79.1 cm³/mol. The number of hydrogen-bond donors (Lipinski definition) is 2. The molecule has 2 aromatic rings. The van der Waals surface area contributed by atoms with Crippen LogP contribution >= 0.6 is 11.3 Å². The van der Waals surface area contributed by atoms with E-state index in [9.17, 15) is 0 Å². The average molecular weight is 261 g/mol. The zero-order valence-corrected chi connectivity index (χ0v) is 11.8. The molecule has 1 aromatic carbocycles. The van der Waals surface area contributed by atoms with Crippen LogP contribution in [-0.2, 0) is 6.42 Å². The van der Waals surface area contributed by atoms with Gasteiger partial charge in [0.25, 0.3) is 0 Å². The number of nitrogens with zero attached hydrogens (tertiary/aromatic N) is 1. The summed E-state index contributed by atoms with van der Waals surface area (Å²) in [5.41, 5.74) is 8.88. The summed E-state index contributed by atoms with van der Waals surface area (Å²) >= 11 is 1.76. The van der Waals surface area contributed by atoms with Gasteiger partial charge < -0.3 is 11.1 Å². The molecular formula is C14H19N3S. The summed E-state index contributed by atoms with van der Waals surface area (Å²) < 4.78 is 0. The molecule has 0 saturated carbocycles. The van der Waals surface area contributed by atoms with E-state index in [1.807, 2.05) is 25.3 Å². The average Bonchev–Trinajstić information content (AvgIpc) is 2.82. The summed E-state index contributed by atoms with van der Waals surface area (Å²) in [4.78, 5) is 5.77. The Hall–Kier alpha value is -1.55. The van der Waals surface area contributed by atoms with E-state index < -0.39 is 0 Å². The SMILES string of the molecule is CCc1cnc(C(C)Nc2ccc(C)c(N)c2)s1. The lowest BCUT2D eigenvalue weighted by Gasteiger charge is -2.13. The van der Waals surface area contributed by atoms with Gasteiger partial charge in [0.2, 0.25) is 0 Å². The summed E-state index contributed by atoms with van der Waals surface area (Å²) in [6, 6.07) is 6.26. The van der Waals surface area contributed by atoms with Gasteiger partial charge in [0, 0.05) is 22.4 Å². The van der Waals surface area contributed by atoms with E-state index in [1.54, 1.807) is 11.3 Å². The van der Waals surface area contributed by atoms with Crippen molar-refractivity contribution in [2.45, 2.75) is 33.2 Å². The molecular weight excluding hydrogens is 242 g/mol. The molecule has 0 aliphatic heterocycles. The summed E-state index contributed by atoms with van der Waals surface area (Å²) in [6.07, 6.45) is 3.00. The van der Waals surface area contributed by atoms with Crippen molar-refractivity contribution in [2.24, 2.45) is 0 Å². The third-order valence-corrected chi connectivity index (χ3v) is 4.28. The van der Waals surface area contributed by atoms with Gasteiger partial charge >= 0.3 is 0 Å². The van der Waals surface area contributed by atoms with E-state index in [4.69, 9.17) is 5.73 Å². The number of rotatable bonds is 4. The molecule has 0 aliphatic rings. The summed E-state index contributed by atoms with van der Waals surface area (Å²) in [7, 11) is 0. The number of nitrogens with two attached hydrogens (primary N) is 1. The van der Waals surface area contributed by atoms with Crippen molar-refractivity contribution in [3.8, 4) is 0 Å². The molecule has 4 heteroatoms. The number of thiazole rings is 1. The van der Waals surface area contributed by atoms with E-state index in [1.165, 1.54) is 4.88 Å². The van der Waals surface area contributed by atoms with E-state index >= 15 is 0 Å². The van der Waals surface area contributed by atoms with Gasteiger partial charge in [0.1, 0.15) is 5.01 Å². The number of aromatic nitrogens is 1. The summed E-state index contributed by atoms with van der Waals surface area (Å²) in [5, 5.41) is 4.55. The highest BCUT2D eigenvalue weighted by atomic mass is 32.1. The van der Waals surface area contributed by atoms with Crippen LogP contribution in [0.5, 0.6) is 0 Å². The fourth-order valence-electron chi connectivity index (χ4n) is 1.73. The molecule has 18 heavy (non-hydrogen) atoms. The van der Waals surface area contributed by atoms with Crippen molar-refractivity contribution in [1.82, 2.24) is 4.98 Å². The predicted octanol–water partition coefficient (Wildman–Crippen LogP) is 3.77. The monoisotopic (exact) mass is 261 g/mol. The minimum Gasteiger partial charge on any atom is -0.398 e. The first-order valence-corrected chi connectivity index (χ1v) is 6.99. The van der Waals surface area contributed by atoms with Crippen LogP contribution in [0.3, 0.4) is 0 Å². The second-order valence-corrected chi connectivity index (χ2v) is 5.60. The second kappa shape index (κ2) is 5.40. The lowest BCUT2D eigenvalue weighted by atomic mass is 10.2. The highest BCUT2D eigenvalue weighted by Crippen LogP contribution is 2.25. The highest BCUT2D eigenvalue weighted by Gasteiger charge is 2.10. The Morgan fingerprint density at radius 3 is 2.83 bits per heavy atom. The molecule has 0 aliphatic carbocycles. The topological polar surface area (TPSA) is 50.9 Å². The Kier molecular flexibility index (Phi) is 3.87. The third kappa shape index (κ3) is 2.82. The first-order chi connectivity index (χ1) is 8.60. The molecule has 0 amide bonds. The smallest absolute Gasteiger partial charge is 0.115 e. The zero-order valence-electron chi connectivity index (χ0n) is 11.0. The van der Waals surface area contributed by atoms with E-state index in [2.05, 4.69) is 30.2 Å². The maximum atomic E-state index is 5.91. The lowest BCUT2D eigenvalue weighted by Crippen LogP contribution is -2.06. The molecule has 0 saturated heterocycles. The maximum absolute atomic E-state index is 5.91.